The van der Waals surface area contributed by atoms with E-state index >= 15 is 0 Å². The van der Waals surface area contributed by atoms with Gasteiger partial charge in [-0.15, -0.1) is 24.8 Å². The van der Waals surface area contributed by atoms with Crippen molar-refractivity contribution in [3.8, 4) is 0 Å². The van der Waals surface area contributed by atoms with E-state index in [1.807, 2.05) is 25.2 Å². The number of nitrogens with zero attached hydrogens (tertiary/aromatic N) is 1. The summed E-state index contributed by atoms with van der Waals surface area (Å²) in [6.07, 6.45) is 1.34. The van der Waals surface area contributed by atoms with E-state index in [1.165, 1.54) is 0 Å². The molecular weight excluding hydrogens is 301 g/mol. The largest absolute Gasteiger partial charge is 0.441 e. The topological polar surface area (TPSA) is 67.2 Å². The smallest absolute Gasteiger partial charge is 0.224 e. The van der Waals surface area contributed by atoms with Gasteiger partial charge in [-0.3, -0.25) is 4.79 Å². The first-order valence-corrected chi connectivity index (χ1v) is 6.00. The molecule has 1 aromatic heterocycles. The Hall–Kier alpha value is -1.30. The van der Waals surface area contributed by atoms with Crippen LogP contribution >= 0.6 is 24.8 Å². The van der Waals surface area contributed by atoms with Crippen molar-refractivity contribution < 1.29 is 9.21 Å². The summed E-state index contributed by atoms with van der Waals surface area (Å²) in [4.78, 5) is 15.9. The summed E-state index contributed by atoms with van der Waals surface area (Å²) in [5, 5.41) is 5.87. The Balaban J connectivity index is 0.00000180. The van der Waals surface area contributed by atoms with E-state index in [2.05, 4.69) is 15.6 Å². The van der Waals surface area contributed by atoms with Gasteiger partial charge in [0.1, 0.15) is 5.52 Å². The van der Waals surface area contributed by atoms with E-state index in [9.17, 15) is 4.79 Å². The average Bonchev–Trinajstić information content (AvgIpc) is 2.69. The van der Waals surface area contributed by atoms with Gasteiger partial charge in [-0.25, -0.2) is 4.98 Å². The Bertz CT molecular complexity index is 558. The number of fused-ring (bicyclic) bond motifs is 1. The summed E-state index contributed by atoms with van der Waals surface area (Å²) in [5.41, 5.74) is 2.26. The maximum absolute atomic E-state index is 11.6. The molecule has 2 rings (SSSR count). The van der Waals surface area contributed by atoms with Gasteiger partial charge in [-0.2, -0.15) is 0 Å². The van der Waals surface area contributed by atoms with Crippen LogP contribution < -0.4 is 10.6 Å². The van der Waals surface area contributed by atoms with Crippen molar-refractivity contribution in [2.75, 3.05) is 18.9 Å². The number of benzene rings is 1. The van der Waals surface area contributed by atoms with Crippen LogP contribution in [0.15, 0.2) is 22.6 Å². The minimum Gasteiger partial charge on any atom is -0.441 e. The van der Waals surface area contributed by atoms with Crippen LogP contribution in [0.3, 0.4) is 0 Å². The SMILES string of the molecule is CNCCCC(=O)Nc1ccc2oc(C)nc2c1.Cl.Cl. The molecular formula is C13H19Cl2N3O2. The van der Waals surface area contributed by atoms with Crippen molar-refractivity contribution in [1.82, 2.24) is 10.3 Å². The molecule has 0 aliphatic rings. The number of aromatic nitrogens is 1. The predicted octanol–water partition coefficient (Wildman–Crippen LogP) is 2.92. The van der Waals surface area contributed by atoms with E-state index in [1.54, 1.807) is 6.92 Å². The summed E-state index contributed by atoms with van der Waals surface area (Å²) >= 11 is 0. The number of nitrogens with one attached hydrogen (secondary N) is 2. The number of carbonyl (C=O) groups excluding carboxylic acids is 1. The summed E-state index contributed by atoms with van der Waals surface area (Å²) in [6, 6.07) is 5.46. The third kappa shape index (κ3) is 5.00. The fourth-order valence-corrected chi connectivity index (χ4v) is 1.77. The van der Waals surface area contributed by atoms with Gasteiger partial charge in [0.05, 0.1) is 0 Å². The maximum atomic E-state index is 11.6. The second kappa shape index (κ2) is 8.79. The molecule has 0 aliphatic carbocycles. The number of hydrogen-bond donors (Lipinski definition) is 2. The molecule has 0 saturated carbocycles. The summed E-state index contributed by atoms with van der Waals surface area (Å²) < 4.78 is 5.38. The molecule has 1 aromatic carbocycles. The lowest BCUT2D eigenvalue weighted by molar-refractivity contribution is -0.116. The zero-order valence-electron chi connectivity index (χ0n) is 11.4. The zero-order valence-corrected chi connectivity index (χ0v) is 13.1. The van der Waals surface area contributed by atoms with Crippen LogP contribution in [-0.2, 0) is 4.79 Å². The number of anilines is 1. The Labute approximate surface area is 130 Å². The van der Waals surface area contributed by atoms with Crippen LogP contribution in [0.2, 0.25) is 0 Å². The third-order valence-corrected chi connectivity index (χ3v) is 2.61. The summed E-state index contributed by atoms with van der Waals surface area (Å²) in [6.45, 7) is 2.64. The molecule has 0 saturated heterocycles. The van der Waals surface area contributed by atoms with E-state index in [0.717, 1.165) is 29.8 Å². The quantitative estimate of drug-likeness (QED) is 0.831. The molecule has 0 radical (unpaired) electrons. The van der Waals surface area contributed by atoms with Gasteiger partial charge in [0.2, 0.25) is 5.91 Å². The van der Waals surface area contributed by atoms with Gasteiger partial charge in [0.25, 0.3) is 0 Å². The van der Waals surface area contributed by atoms with Crippen LogP contribution in [0.5, 0.6) is 0 Å². The van der Waals surface area contributed by atoms with Gasteiger partial charge >= 0.3 is 0 Å². The Kier molecular flexibility index (Phi) is 8.22. The lowest BCUT2D eigenvalue weighted by atomic mass is 10.2. The Morgan fingerprint density at radius 2 is 2.10 bits per heavy atom. The minimum atomic E-state index is 0. The van der Waals surface area contributed by atoms with Gasteiger partial charge in [-0.1, -0.05) is 0 Å². The molecule has 0 fully saturated rings. The highest BCUT2D eigenvalue weighted by molar-refractivity contribution is 5.92. The molecule has 0 spiro atoms. The molecule has 0 atom stereocenters. The molecule has 2 aromatic rings. The molecule has 1 heterocycles. The number of rotatable bonds is 5. The summed E-state index contributed by atoms with van der Waals surface area (Å²) in [5.74, 6) is 0.646. The number of aryl methyl sites for hydroxylation is 1. The van der Waals surface area contributed by atoms with Crippen molar-refractivity contribution in [2.45, 2.75) is 19.8 Å². The highest BCUT2D eigenvalue weighted by Gasteiger charge is 2.05. The molecule has 1 amide bonds. The minimum absolute atomic E-state index is 0. The van der Waals surface area contributed by atoms with Crippen LogP contribution in [-0.4, -0.2) is 24.5 Å². The van der Waals surface area contributed by atoms with Crippen molar-refractivity contribution >= 4 is 47.5 Å². The van der Waals surface area contributed by atoms with Gasteiger partial charge in [-0.05, 0) is 38.2 Å². The van der Waals surface area contributed by atoms with Gasteiger partial charge in [0.15, 0.2) is 11.5 Å². The molecule has 0 aliphatic heterocycles. The van der Waals surface area contributed by atoms with E-state index in [-0.39, 0.29) is 30.7 Å². The fraction of sp³-hybridized carbons (Fsp3) is 0.385. The maximum Gasteiger partial charge on any atom is 0.224 e. The first kappa shape index (κ1) is 18.7. The lowest BCUT2D eigenvalue weighted by Gasteiger charge is -2.04. The van der Waals surface area contributed by atoms with Crippen LogP contribution in [0, 0.1) is 6.92 Å². The number of oxazole rings is 1. The number of halogens is 2. The van der Waals surface area contributed by atoms with Gasteiger partial charge in [0, 0.05) is 19.0 Å². The van der Waals surface area contributed by atoms with Crippen LogP contribution in [0.4, 0.5) is 5.69 Å². The molecule has 20 heavy (non-hydrogen) atoms. The molecule has 2 N–H and O–H groups in total. The predicted molar refractivity (Wildman–Crippen MR) is 85.0 cm³/mol. The van der Waals surface area contributed by atoms with Crippen molar-refractivity contribution in [3.63, 3.8) is 0 Å². The monoisotopic (exact) mass is 319 g/mol. The number of carbonyl (C=O) groups is 1. The normalized spacial score (nSPS) is 9.70. The first-order chi connectivity index (χ1) is 8.69. The standard InChI is InChI=1S/C13H17N3O2.2ClH/c1-9-15-11-8-10(5-6-12(11)18-9)16-13(17)4-3-7-14-2;;/h5-6,8,14H,3-4,7H2,1-2H3,(H,16,17);2*1H. The zero-order chi connectivity index (χ0) is 13.0. The highest BCUT2D eigenvalue weighted by atomic mass is 35.5. The molecule has 0 unspecified atom stereocenters. The second-order valence-electron chi connectivity index (χ2n) is 4.17. The van der Waals surface area contributed by atoms with Crippen molar-refractivity contribution in [2.24, 2.45) is 0 Å². The summed E-state index contributed by atoms with van der Waals surface area (Å²) in [7, 11) is 1.87. The number of hydrogen-bond acceptors (Lipinski definition) is 4. The van der Waals surface area contributed by atoms with E-state index in [0.29, 0.717) is 12.3 Å². The van der Waals surface area contributed by atoms with Crippen molar-refractivity contribution in [3.05, 3.63) is 24.1 Å². The molecule has 5 nitrogen and oxygen atoms in total. The molecule has 112 valence electrons. The Morgan fingerprint density at radius 1 is 1.35 bits per heavy atom. The van der Waals surface area contributed by atoms with Crippen molar-refractivity contribution in [1.29, 1.82) is 0 Å². The molecule has 7 heteroatoms. The van der Waals surface area contributed by atoms with Gasteiger partial charge < -0.3 is 15.1 Å². The van der Waals surface area contributed by atoms with E-state index < -0.39 is 0 Å². The fourth-order valence-electron chi connectivity index (χ4n) is 1.77. The number of amides is 1. The van der Waals surface area contributed by atoms with E-state index in [4.69, 9.17) is 4.42 Å². The van der Waals surface area contributed by atoms with Crippen LogP contribution in [0.25, 0.3) is 11.1 Å². The average molecular weight is 320 g/mol. The lowest BCUT2D eigenvalue weighted by Crippen LogP contribution is -2.15. The Morgan fingerprint density at radius 3 is 2.80 bits per heavy atom. The highest BCUT2D eigenvalue weighted by Crippen LogP contribution is 2.19. The first-order valence-electron chi connectivity index (χ1n) is 6.00. The molecule has 0 bridgehead atoms. The van der Waals surface area contributed by atoms with Crippen LogP contribution in [0.1, 0.15) is 18.7 Å². The third-order valence-electron chi connectivity index (χ3n) is 2.61. The second-order valence-corrected chi connectivity index (χ2v) is 4.17.